The Bertz CT molecular complexity index is 380. The Balaban J connectivity index is 2.29. The van der Waals surface area contributed by atoms with Gasteiger partial charge in [0.15, 0.2) is 0 Å². The van der Waals surface area contributed by atoms with Gasteiger partial charge >= 0.3 is 12.1 Å². The Morgan fingerprint density at radius 2 is 1.76 bits per heavy atom. The summed E-state index contributed by atoms with van der Waals surface area (Å²) >= 11 is 0. The standard InChI is InChI=1S/C15H26N2O4/c1-5-20-13(18)7-6-8-16-9-11-17(12-10-16)14(19)21-15(2,3)4/h6-7H,5,8-12H2,1-4H3/b7-6+. The molecule has 120 valence electrons. The third-order valence-corrected chi connectivity index (χ3v) is 2.93. The van der Waals surface area contributed by atoms with Crippen LogP contribution in [0, 0.1) is 0 Å². The third-order valence-electron chi connectivity index (χ3n) is 2.93. The van der Waals surface area contributed by atoms with Crippen molar-refractivity contribution in [1.29, 1.82) is 0 Å². The summed E-state index contributed by atoms with van der Waals surface area (Å²) in [6.45, 7) is 11.3. The Labute approximate surface area is 126 Å². The first-order valence-electron chi connectivity index (χ1n) is 7.35. The molecule has 1 rings (SSSR count). The highest BCUT2D eigenvalue weighted by atomic mass is 16.6. The van der Waals surface area contributed by atoms with E-state index in [0.29, 0.717) is 26.2 Å². The zero-order valence-corrected chi connectivity index (χ0v) is 13.4. The van der Waals surface area contributed by atoms with Gasteiger partial charge in [-0.05, 0) is 27.7 Å². The number of hydrogen-bond donors (Lipinski definition) is 0. The number of esters is 1. The highest BCUT2D eigenvalue weighted by molar-refractivity contribution is 5.81. The van der Waals surface area contributed by atoms with Crippen LogP contribution < -0.4 is 0 Å². The topological polar surface area (TPSA) is 59.1 Å². The minimum absolute atomic E-state index is 0.260. The maximum atomic E-state index is 11.9. The van der Waals surface area contributed by atoms with Gasteiger partial charge in [-0.15, -0.1) is 0 Å². The molecule has 0 aromatic carbocycles. The second-order valence-corrected chi connectivity index (χ2v) is 5.92. The van der Waals surface area contributed by atoms with Crippen LogP contribution >= 0.6 is 0 Å². The number of hydrogen-bond acceptors (Lipinski definition) is 5. The Morgan fingerprint density at radius 3 is 2.29 bits per heavy atom. The molecule has 1 aliphatic heterocycles. The predicted octanol–water partition coefficient (Wildman–Crippen LogP) is 1.66. The summed E-state index contributed by atoms with van der Waals surface area (Å²) < 4.78 is 10.2. The molecular weight excluding hydrogens is 272 g/mol. The summed E-state index contributed by atoms with van der Waals surface area (Å²) in [5.74, 6) is -0.315. The zero-order chi connectivity index (χ0) is 15.9. The molecule has 6 nitrogen and oxygen atoms in total. The summed E-state index contributed by atoms with van der Waals surface area (Å²) in [5.41, 5.74) is -0.462. The van der Waals surface area contributed by atoms with Gasteiger partial charge in [0.25, 0.3) is 0 Å². The number of carbonyl (C=O) groups excluding carboxylic acids is 2. The van der Waals surface area contributed by atoms with E-state index in [9.17, 15) is 9.59 Å². The first-order chi connectivity index (χ1) is 9.81. The van der Waals surface area contributed by atoms with E-state index in [0.717, 1.165) is 13.1 Å². The van der Waals surface area contributed by atoms with Crippen molar-refractivity contribution in [2.24, 2.45) is 0 Å². The van der Waals surface area contributed by atoms with E-state index in [4.69, 9.17) is 9.47 Å². The van der Waals surface area contributed by atoms with E-state index in [1.807, 2.05) is 20.8 Å². The fraction of sp³-hybridized carbons (Fsp3) is 0.733. The number of carbonyl (C=O) groups is 2. The van der Waals surface area contributed by atoms with E-state index < -0.39 is 5.60 Å². The van der Waals surface area contributed by atoms with E-state index >= 15 is 0 Å². The van der Waals surface area contributed by atoms with Gasteiger partial charge in [-0.25, -0.2) is 9.59 Å². The van der Waals surface area contributed by atoms with Crippen LogP contribution in [0.1, 0.15) is 27.7 Å². The molecule has 0 unspecified atom stereocenters. The fourth-order valence-corrected chi connectivity index (χ4v) is 1.93. The van der Waals surface area contributed by atoms with Gasteiger partial charge in [0, 0.05) is 38.8 Å². The third kappa shape index (κ3) is 7.13. The summed E-state index contributed by atoms with van der Waals surface area (Å²) in [6.07, 6.45) is 2.98. The average Bonchev–Trinajstić information content (AvgIpc) is 2.38. The maximum Gasteiger partial charge on any atom is 0.410 e. The van der Waals surface area contributed by atoms with Crippen molar-refractivity contribution < 1.29 is 19.1 Å². The van der Waals surface area contributed by atoms with Gasteiger partial charge < -0.3 is 14.4 Å². The smallest absolute Gasteiger partial charge is 0.410 e. The fourth-order valence-electron chi connectivity index (χ4n) is 1.93. The maximum absolute atomic E-state index is 11.9. The number of rotatable bonds is 4. The molecule has 0 atom stereocenters. The number of piperazine rings is 1. The second kappa shape index (κ2) is 8.02. The molecule has 0 N–H and O–H groups in total. The zero-order valence-electron chi connectivity index (χ0n) is 13.4. The largest absolute Gasteiger partial charge is 0.463 e. The van der Waals surface area contributed by atoms with Crippen LogP contribution in [0.5, 0.6) is 0 Å². The van der Waals surface area contributed by atoms with Crippen LogP contribution in [0.2, 0.25) is 0 Å². The summed E-state index contributed by atoms with van der Waals surface area (Å²) in [4.78, 5) is 27.0. The highest BCUT2D eigenvalue weighted by Crippen LogP contribution is 2.11. The van der Waals surface area contributed by atoms with Crippen molar-refractivity contribution >= 4 is 12.1 Å². The summed E-state index contributed by atoms with van der Waals surface area (Å²) in [5, 5.41) is 0. The molecule has 0 radical (unpaired) electrons. The van der Waals surface area contributed by atoms with E-state index in [1.54, 1.807) is 17.9 Å². The van der Waals surface area contributed by atoms with Crippen LogP contribution in [0.25, 0.3) is 0 Å². The molecule has 21 heavy (non-hydrogen) atoms. The van der Waals surface area contributed by atoms with Crippen LogP contribution in [-0.4, -0.2) is 66.8 Å². The lowest BCUT2D eigenvalue weighted by molar-refractivity contribution is -0.137. The Kier molecular flexibility index (Phi) is 6.68. The van der Waals surface area contributed by atoms with Crippen LogP contribution in [0.15, 0.2) is 12.2 Å². The quantitative estimate of drug-likeness (QED) is 0.583. The lowest BCUT2D eigenvalue weighted by Crippen LogP contribution is -2.49. The molecule has 1 amide bonds. The molecule has 0 aliphatic carbocycles. The number of ether oxygens (including phenoxy) is 2. The molecule has 0 saturated carbocycles. The number of nitrogens with zero attached hydrogens (tertiary/aromatic N) is 2. The van der Waals surface area contributed by atoms with E-state index in [1.165, 1.54) is 6.08 Å². The Hall–Kier alpha value is -1.56. The molecule has 0 bridgehead atoms. The van der Waals surface area contributed by atoms with Gasteiger partial charge in [0.05, 0.1) is 6.61 Å². The molecule has 1 heterocycles. The lowest BCUT2D eigenvalue weighted by Gasteiger charge is -2.35. The van der Waals surface area contributed by atoms with Gasteiger partial charge in [-0.2, -0.15) is 0 Å². The first kappa shape index (κ1) is 17.5. The monoisotopic (exact) mass is 298 g/mol. The molecule has 1 saturated heterocycles. The van der Waals surface area contributed by atoms with Crippen LogP contribution in [-0.2, 0) is 14.3 Å². The highest BCUT2D eigenvalue weighted by Gasteiger charge is 2.25. The van der Waals surface area contributed by atoms with Gasteiger partial charge in [-0.1, -0.05) is 6.08 Å². The van der Waals surface area contributed by atoms with Crippen molar-refractivity contribution in [2.45, 2.75) is 33.3 Å². The summed E-state index contributed by atoms with van der Waals surface area (Å²) in [6, 6.07) is 0. The predicted molar refractivity (Wildman–Crippen MR) is 80.0 cm³/mol. The van der Waals surface area contributed by atoms with Crippen molar-refractivity contribution in [3.63, 3.8) is 0 Å². The molecule has 6 heteroatoms. The summed E-state index contributed by atoms with van der Waals surface area (Å²) in [7, 11) is 0. The van der Waals surface area contributed by atoms with Crippen molar-refractivity contribution in [2.75, 3.05) is 39.3 Å². The van der Waals surface area contributed by atoms with Crippen molar-refractivity contribution in [3.05, 3.63) is 12.2 Å². The normalized spacial score (nSPS) is 17.0. The Morgan fingerprint density at radius 1 is 1.14 bits per heavy atom. The van der Waals surface area contributed by atoms with Crippen LogP contribution in [0.4, 0.5) is 4.79 Å². The van der Waals surface area contributed by atoms with Gasteiger partial charge in [-0.3, -0.25) is 4.90 Å². The lowest BCUT2D eigenvalue weighted by atomic mass is 10.2. The minimum atomic E-state index is -0.462. The number of amides is 1. The molecule has 0 spiro atoms. The molecule has 0 aromatic rings. The molecular formula is C15H26N2O4. The van der Waals surface area contributed by atoms with Gasteiger partial charge in [0.1, 0.15) is 5.60 Å². The first-order valence-corrected chi connectivity index (χ1v) is 7.35. The average molecular weight is 298 g/mol. The van der Waals surface area contributed by atoms with Gasteiger partial charge in [0.2, 0.25) is 0 Å². The van der Waals surface area contributed by atoms with Crippen LogP contribution in [0.3, 0.4) is 0 Å². The second-order valence-electron chi connectivity index (χ2n) is 5.92. The molecule has 1 aliphatic rings. The van der Waals surface area contributed by atoms with Crippen molar-refractivity contribution in [3.8, 4) is 0 Å². The SMILES string of the molecule is CCOC(=O)/C=C/CN1CCN(C(=O)OC(C)(C)C)CC1. The molecule has 1 fully saturated rings. The van der Waals surface area contributed by atoms with E-state index in [2.05, 4.69) is 4.90 Å². The van der Waals surface area contributed by atoms with Crippen molar-refractivity contribution in [1.82, 2.24) is 9.80 Å². The molecule has 0 aromatic heterocycles. The minimum Gasteiger partial charge on any atom is -0.463 e. The van der Waals surface area contributed by atoms with E-state index in [-0.39, 0.29) is 12.1 Å².